The molecule has 5 N–H and O–H groups in total. The van der Waals surface area contributed by atoms with Crippen LogP contribution in [0.4, 0.5) is 4.39 Å². The van der Waals surface area contributed by atoms with E-state index < -0.39 is 31.5 Å². The van der Waals surface area contributed by atoms with Crippen molar-refractivity contribution in [2.24, 2.45) is 5.73 Å². The predicted molar refractivity (Wildman–Crippen MR) is 61.4 cm³/mol. The fourth-order valence-electron chi connectivity index (χ4n) is 1.31. The van der Waals surface area contributed by atoms with Crippen LogP contribution in [0.15, 0.2) is 18.2 Å². The molecule has 0 saturated heterocycles. The van der Waals surface area contributed by atoms with Crippen molar-refractivity contribution in [3.63, 3.8) is 0 Å². The van der Waals surface area contributed by atoms with Crippen LogP contribution < -0.4 is 10.5 Å². The zero-order chi connectivity index (χ0) is 13.7. The highest BCUT2D eigenvalue weighted by Gasteiger charge is 2.18. The predicted octanol–water partition coefficient (Wildman–Crippen LogP) is -0.829. The van der Waals surface area contributed by atoms with Gasteiger partial charge in [0.15, 0.2) is 11.6 Å². The maximum Gasteiger partial charge on any atom is 0.491 e. The van der Waals surface area contributed by atoms with Gasteiger partial charge in [-0.2, -0.15) is 0 Å². The van der Waals surface area contributed by atoms with Crippen molar-refractivity contribution in [1.82, 2.24) is 0 Å². The third-order valence-corrected chi connectivity index (χ3v) is 2.19. The second kappa shape index (κ2) is 6.34. The molecule has 8 heteroatoms. The Labute approximate surface area is 103 Å². The maximum absolute atomic E-state index is 13.8. The molecule has 0 aliphatic heterocycles. The van der Waals surface area contributed by atoms with Crippen molar-refractivity contribution in [2.45, 2.75) is 12.5 Å². The lowest BCUT2D eigenvalue weighted by Crippen LogP contribution is -2.32. The first-order chi connectivity index (χ1) is 8.41. The normalized spacial score (nSPS) is 12.0. The van der Waals surface area contributed by atoms with E-state index in [9.17, 15) is 9.18 Å². The molecule has 18 heavy (non-hydrogen) atoms. The van der Waals surface area contributed by atoms with E-state index in [0.717, 1.165) is 0 Å². The van der Waals surface area contributed by atoms with Gasteiger partial charge in [-0.25, -0.2) is 4.39 Å². The van der Waals surface area contributed by atoms with E-state index in [1.165, 1.54) is 18.2 Å². The van der Waals surface area contributed by atoms with E-state index in [2.05, 4.69) is 0 Å². The lowest BCUT2D eigenvalue weighted by atomic mass is 9.95. The van der Waals surface area contributed by atoms with Crippen molar-refractivity contribution >= 4 is 13.1 Å². The summed E-state index contributed by atoms with van der Waals surface area (Å²) >= 11 is 0. The molecule has 6 nitrogen and oxygen atoms in total. The van der Waals surface area contributed by atoms with Gasteiger partial charge in [-0.15, -0.1) is 0 Å². The quantitative estimate of drug-likeness (QED) is 0.495. The van der Waals surface area contributed by atoms with Gasteiger partial charge in [-0.1, -0.05) is 12.1 Å². The summed E-state index contributed by atoms with van der Waals surface area (Å²) in [6.45, 7) is -0.481. The van der Waals surface area contributed by atoms with Crippen LogP contribution in [-0.4, -0.2) is 40.8 Å². The zero-order valence-electron chi connectivity index (χ0n) is 9.41. The molecule has 1 aromatic carbocycles. The second-order valence-corrected chi connectivity index (χ2v) is 3.67. The third kappa shape index (κ3) is 3.99. The molecule has 0 fully saturated rings. The fraction of sp³-hybridized carbons (Fsp3) is 0.300. The zero-order valence-corrected chi connectivity index (χ0v) is 9.41. The molecule has 0 radical (unpaired) electrons. The number of nitrogens with two attached hydrogens (primary N) is 1. The van der Waals surface area contributed by atoms with Crippen LogP contribution in [-0.2, 0) is 11.2 Å². The Morgan fingerprint density at radius 1 is 1.50 bits per heavy atom. The average molecular weight is 257 g/mol. The highest BCUT2D eigenvalue weighted by Crippen LogP contribution is 2.21. The number of ether oxygens (including phenoxy) is 1. The Kier molecular flexibility index (Phi) is 5.08. The van der Waals surface area contributed by atoms with E-state index in [1.54, 1.807) is 0 Å². The molecule has 0 heterocycles. The number of carboxylic acids is 1. The average Bonchev–Trinajstić information content (AvgIpc) is 2.29. The molecule has 0 aromatic heterocycles. The number of carbonyl (C=O) groups is 1. The fourth-order valence-corrected chi connectivity index (χ4v) is 1.31. The van der Waals surface area contributed by atoms with E-state index in [0.29, 0.717) is 0 Å². The van der Waals surface area contributed by atoms with Crippen molar-refractivity contribution < 1.29 is 29.1 Å². The van der Waals surface area contributed by atoms with E-state index in [4.69, 9.17) is 25.6 Å². The van der Waals surface area contributed by atoms with Crippen LogP contribution in [0, 0.1) is 5.82 Å². The molecule has 1 rings (SSSR count). The topological polar surface area (TPSA) is 113 Å². The summed E-state index contributed by atoms with van der Waals surface area (Å²) in [7, 11) is -1.71. The highest BCUT2D eigenvalue weighted by molar-refractivity contribution is 6.40. The van der Waals surface area contributed by atoms with Crippen molar-refractivity contribution in [2.75, 3.05) is 6.51 Å². The van der Waals surface area contributed by atoms with Crippen molar-refractivity contribution in [3.8, 4) is 5.75 Å². The molecule has 0 amide bonds. The Hall–Kier alpha value is -1.64. The Bertz CT molecular complexity index is 429. The lowest BCUT2D eigenvalue weighted by Gasteiger charge is -2.11. The van der Waals surface area contributed by atoms with Gasteiger partial charge in [-0.05, 0) is 11.6 Å². The van der Waals surface area contributed by atoms with Crippen LogP contribution in [0.25, 0.3) is 0 Å². The molecule has 0 bridgehead atoms. The molecule has 0 aliphatic carbocycles. The smallest absolute Gasteiger partial charge is 0.491 e. The van der Waals surface area contributed by atoms with Gasteiger partial charge in [0.2, 0.25) is 0 Å². The molecule has 0 saturated carbocycles. The number of hydrogen-bond donors (Lipinski definition) is 4. The summed E-state index contributed by atoms with van der Waals surface area (Å²) < 4.78 is 18.6. The number of aliphatic carboxylic acids is 1. The summed E-state index contributed by atoms with van der Waals surface area (Å²) in [5, 5.41) is 25.8. The lowest BCUT2D eigenvalue weighted by molar-refractivity contribution is -0.138. The first kappa shape index (κ1) is 14.4. The molecular formula is C10H13BFNO5. The van der Waals surface area contributed by atoms with Gasteiger partial charge in [-0.3, -0.25) is 4.79 Å². The van der Waals surface area contributed by atoms with Crippen LogP contribution in [0.5, 0.6) is 5.75 Å². The summed E-state index contributed by atoms with van der Waals surface area (Å²) in [5.41, 5.74) is 5.40. The summed E-state index contributed by atoms with van der Waals surface area (Å²) in [5.74, 6) is -2.17. The molecular weight excluding hydrogens is 244 g/mol. The van der Waals surface area contributed by atoms with Crippen LogP contribution >= 0.6 is 0 Å². The second-order valence-electron chi connectivity index (χ2n) is 3.67. The summed E-state index contributed by atoms with van der Waals surface area (Å²) in [4.78, 5) is 10.6. The van der Waals surface area contributed by atoms with Crippen LogP contribution in [0.2, 0.25) is 0 Å². The minimum atomic E-state index is -1.71. The van der Waals surface area contributed by atoms with Gasteiger partial charge < -0.3 is 25.6 Å². The number of hydrogen-bond acceptors (Lipinski definition) is 5. The first-order valence-electron chi connectivity index (χ1n) is 5.16. The van der Waals surface area contributed by atoms with Crippen LogP contribution in [0.1, 0.15) is 5.56 Å². The summed E-state index contributed by atoms with van der Waals surface area (Å²) in [6.07, 6.45) is -0.181. The number of halogens is 1. The van der Waals surface area contributed by atoms with Crippen molar-refractivity contribution in [1.29, 1.82) is 0 Å². The number of benzene rings is 1. The number of rotatable bonds is 6. The monoisotopic (exact) mass is 257 g/mol. The van der Waals surface area contributed by atoms with E-state index >= 15 is 0 Å². The maximum atomic E-state index is 13.8. The largest absolute Gasteiger partial charge is 0.493 e. The Morgan fingerprint density at radius 2 is 2.17 bits per heavy atom. The Morgan fingerprint density at radius 3 is 2.72 bits per heavy atom. The SMILES string of the molecule is N[C@@H](Cc1cccc(OCB(O)O)c1F)C(=O)O. The number of carboxylic acid groups (broad SMARTS) is 1. The van der Waals surface area contributed by atoms with Crippen molar-refractivity contribution in [3.05, 3.63) is 29.6 Å². The minimum absolute atomic E-state index is 0.0924. The van der Waals surface area contributed by atoms with Gasteiger partial charge >= 0.3 is 13.1 Å². The molecule has 0 unspecified atom stereocenters. The standard InChI is InChI=1S/C10H13BFNO5/c12-9-6(4-7(13)10(14)15)2-1-3-8(9)18-5-11(16)17/h1-3,7,16-17H,4-5,13H2,(H,14,15)/t7-/m0/s1. The molecule has 0 aliphatic rings. The highest BCUT2D eigenvalue weighted by atomic mass is 19.1. The Balaban J connectivity index is 2.81. The van der Waals surface area contributed by atoms with Crippen LogP contribution in [0.3, 0.4) is 0 Å². The molecule has 1 aromatic rings. The third-order valence-electron chi connectivity index (χ3n) is 2.19. The molecule has 98 valence electrons. The molecule has 0 spiro atoms. The minimum Gasteiger partial charge on any atom is -0.493 e. The first-order valence-corrected chi connectivity index (χ1v) is 5.16. The molecule has 1 atom stereocenters. The van der Waals surface area contributed by atoms with Gasteiger partial charge in [0.05, 0.1) is 0 Å². The van der Waals surface area contributed by atoms with Gasteiger partial charge in [0.25, 0.3) is 0 Å². The van der Waals surface area contributed by atoms with Gasteiger partial charge in [0, 0.05) is 6.42 Å². The summed E-state index contributed by atoms with van der Waals surface area (Å²) in [6, 6.07) is 2.94. The van der Waals surface area contributed by atoms with E-state index in [1.807, 2.05) is 0 Å². The van der Waals surface area contributed by atoms with E-state index in [-0.39, 0.29) is 17.7 Å². The van der Waals surface area contributed by atoms with Gasteiger partial charge in [0.1, 0.15) is 12.5 Å².